The molecule has 0 atom stereocenters. The van der Waals surface area contributed by atoms with Gasteiger partial charge in [-0.25, -0.2) is 14.8 Å². The molecule has 0 saturated carbocycles. The highest BCUT2D eigenvalue weighted by molar-refractivity contribution is 7.20. The zero-order valence-corrected chi connectivity index (χ0v) is 17.9. The molecule has 0 aliphatic carbocycles. The number of benzene rings is 1. The molecular formula is C22H24N4O3S. The van der Waals surface area contributed by atoms with E-state index in [1.807, 2.05) is 37.3 Å². The van der Waals surface area contributed by atoms with Crippen molar-refractivity contribution >= 4 is 39.2 Å². The van der Waals surface area contributed by atoms with Crippen LogP contribution in [0, 0.1) is 6.92 Å². The summed E-state index contributed by atoms with van der Waals surface area (Å²) in [7, 11) is 0. The minimum absolute atomic E-state index is 0.0359. The second-order valence-corrected chi connectivity index (χ2v) is 8.25. The molecule has 0 unspecified atom stereocenters. The number of piperidine rings is 1. The third kappa shape index (κ3) is 4.00. The van der Waals surface area contributed by atoms with Crippen molar-refractivity contribution < 1.29 is 14.3 Å². The topological polar surface area (TPSA) is 84.4 Å². The number of carbonyl (C=O) groups excluding carboxylic acids is 2. The predicted molar refractivity (Wildman–Crippen MR) is 117 cm³/mol. The van der Waals surface area contributed by atoms with E-state index in [2.05, 4.69) is 20.2 Å². The second kappa shape index (κ2) is 8.79. The average molecular weight is 425 g/mol. The number of hydrogen-bond donors (Lipinski definition) is 1. The number of anilines is 1. The van der Waals surface area contributed by atoms with Crippen molar-refractivity contribution in [2.24, 2.45) is 0 Å². The first-order valence-electron chi connectivity index (χ1n) is 10.1. The first kappa shape index (κ1) is 20.3. The number of thiophene rings is 1. The summed E-state index contributed by atoms with van der Waals surface area (Å²) in [6, 6.07) is 9.41. The van der Waals surface area contributed by atoms with E-state index in [0.717, 1.165) is 47.5 Å². The van der Waals surface area contributed by atoms with Crippen LogP contribution in [0.2, 0.25) is 0 Å². The van der Waals surface area contributed by atoms with Crippen LogP contribution in [0.15, 0.2) is 36.7 Å². The van der Waals surface area contributed by atoms with E-state index in [1.165, 1.54) is 11.3 Å². The summed E-state index contributed by atoms with van der Waals surface area (Å²) in [5, 5.41) is 4.05. The average Bonchev–Trinajstić information content (AvgIpc) is 3.12. The molecule has 1 N–H and O–H groups in total. The van der Waals surface area contributed by atoms with Gasteiger partial charge in [0.2, 0.25) is 0 Å². The Morgan fingerprint density at radius 3 is 2.63 bits per heavy atom. The number of nitrogens with zero attached hydrogens (tertiary/aromatic N) is 3. The van der Waals surface area contributed by atoms with Gasteiger partial charge in [0.05, 0.1) is 12.0 Å². The van der Waals surface area contributed by atoms with Gasteiger partial charge in [0.15, 0.2) is 0 Å². The van der Waals surface area contributed by atoms with Crippen molar-refractivity contribution in [2.45, 2.75) is 32.7 Å². The van der Waals surface area contributed by atoms with Gasteiger partial charge < -0.3 is 15.0 Å². The normalized spacial score (nSPS) is 14.7. The Labute approximate surface area is 179 Å². The first-order valence-corrected chi connectivity index (χ1v) is 10.9. The number of hydrogen-bond acceptors (Lipinski definition) is 7. The maximum absolute atomic E-state index is 12.4. The fourth-order valence-electron chi connectivity index (χ4n) is 3.78. The standard InChI is InChI=1S/C22H24N4O3S/c1-3-29-22(28)18-14(2)17-19(23-13-24-21(17)30-18)26-11-9-16(10-12-26)25-20(27)15-7-5-4-6-8-15/h4-8,13,16H,3,9-12H2,1-2H3,(H,25,27). The van der Waals surface area contributed by atoms with Crippen molar-refractivity contribution in [2.75, 3.05) is 24.6 Å². The van der Waals surface area contributed by atoms with Crippen LogP contribution in [0.25, 0.3) is 10.2 Å². The predicted octanol–water partition coefficient (Wildman–Crippen LogP) is 3.58. The lowest BCUT2D eigenvalue weighted by atomic mass is 10.0. The van der Waals surface area contributed by atoms with E-state index in [9.17, 15) is 9.59 Å². The van der Waals surface area contributed by atoms with E-state index < -0.39 is 0 Å². The van der Waals surface area contributed by atoms with Crippen LogP contribution in [0.4, 0.5) is 5.82 Å². The molecule has 1 aliphatic heterocycles. The van der Waals surface area contributed by atoms with Crippen LogP contribution >= 0.6 is 11.3 Å². The maximum Gasteiger partial charge on any atom is 0.348 e. The summed E-state index contributed by atoms with van der Waals surface area (Å²) in [6.45, 7) is 5.61. The van der Waals surface area contributed by atoms with Gasteiger partial charge in [-0.1, -0.05) is 18.2 Å². The van der Waals surface area contributed by atoms with Crippen LogP contribution in [-0.2, 0) is 4.74 Å². The molecule has 1 aliphatic rings. The largest absolute Gasteiger partial charge is 0.462 e. The Morgan fingerprint density at radius 1 is 1.20 bits per heavy atom. The van der Waals surface area contributed by atoms with Gasteiger partial charge in [-0.3, -0.25) is 4.79 Å². The third-order valence-electron chi connectivity index (χ3n) is 5.33. The molecule has 4 rings (SSSR count). The number of fused-ring (bicyclic) bond motifs is 1. The van der Waals surface area contributed by atoms with Crippen molar-refractivity contribution in [3.05, 3.63) is 52.7 Å². The molecular weight excluding hydrogens is 400 g/mol. The Kier molecular flexibility index (Phi) is 5.94. The Balaban J connectivity index is 1.48. The number of nitrogens with one attached hydrogen (secondary N) is 1. The van der Waals surface area contributed by atoms with Gasteiger partial charge in [-0.15, -0.1) is 11.3 Å². The van der Waals surface area contributed by atoms with Gasteiger partial charge in [0.1, 0.15) is 21.9 Å². The number of carbonyl (C=O) groups is 2. The molecule has 3 aromatic rings. The highest BCUT2D eigenvalue weighted by Gasteiger charge is 2.26. The van der Waals surface area contributed by atoms with Crippen molar-refractivity contribution in [3.63, 3.8) is 0 Å². The molecule has 0 spiro atoms. The Morgan fingerprint density at radius 2 is 1.93 bits per heavy atom. The molecule has 156 valence electrons. The number of rotatable bonds is 5. The van der Waals surface area contributed by atoms with Crippen molar-refractivity contribution in [3.8, 4) is 0 Å². The minimum Gasteiger partial charge on any atom is -0.462 e. The molecule has 0 radical (unpaired) electrons. The maximum atomic E-state index is 12.4. The van der Waals surface area contributed by atoms with Crippen LogP contribution < -0.4 is 10.2 Å². The molecule has 0 bridgehead atoms. The quantitative estimate of drug-likeness (QED) is 0.631. The van der Waals surface area contributed by atoms with Crippen LogP contribution in [0.5, 0.6) is 0 Å². The molecule has 1 fully saturated rings. The van der Waals surface area contributed by atoms with E-state index in [-0.39, 0.29) is 17.9 Å². The molecule has 30 heavy (non-hydrogen) atoms. The van der Waals surface area contributed by atoms with Crippen molar-refractivity contribution in [1.29, 1.82) is 0 Å². The molecule has 7 nitrogen and oxygen atoms in total. The highest BCUT2D eigenvalue weighted by atomic mass is 32.1. The van der Waals surface area contributed by atoms with Gasteiger partial charge in [-0.05, 0) is 44.4 Å². The van der Waals surface area contributed by atoms with E-state index in [4.69, 9.17) is 4.74 Å². The number of aryl methyl sites for hydroxylation is 1. The van der Waals surface area contributed by atoms with Crippen molar-refractivity contribution in [1.82, 2.24) is 15.3 Å². The molecule has 2 aromatic heterocycles. The molecule has 3 heterocycles. The van der Waals surface area contributed by atoms with E-state index in [1.54, 1.807) is 13.3 Å². The summed E-state index contributed by atoms with van der Waals surface area (Å²) >= 11 is 1.35. The van der Waals surface area contributed by atoms with Gasteiger partial charge >= 0.3 is 5.97 Å². The summed E-state index contributed by atoms with van der Waals surface area (Å²) in [6.07, 6.45) is 3.21. The smallest absolute Gasteiger partial charge is 0.348 e. The number of ether oxygens (including phenoxy) is 1. The highest BCUT2D eigenvalue weighted by Crippen LogP contribution is 2.36. The molecule has 1 aromatic carbocycles. The van der Waals surface area contributed by atoms with E-state index in [0.29, 0.717) is 17.0 Å². The molecule has 8 heteroatoms. The molecule has 1 saturated heterocycles. The zero-order chi connectivity index (χ0) is 21.1. The van der Waals surface area contributed by atoms with Gasteiger partial charge in [0, 0.05) is 24.7 Å². The monoisotopic (exact) mass is 424 g/mol. The zero-order valence-electron chi connectivity index (χ0n) is 17.1. The Hall–Kier alpha value is -3.00. The van der Waals surface area contributed by atoms with Crippen LogP contribution in [0.1, 0.15) is 45.4 Å². The third-order valence-corrected chi connectivity index (χ3v) is 6.51. The minimum atomic E-state index is -0.314. The lowest BCUT2D eigenvalue weighted by molar-refractivity contribution is 0.0531. The Bertz CT molecular complexity index is 1060. The lowest BCUT2D eigenvalue weighted by Gasteiger charge is -2.33. The molecule has 1 amide bonds. The van der Waals surface area contributed by atoms with Gasteiger partial charge in [-0.2, -0.15) is 0 Å². The first-order chi connectivity index (χ1) is 14.6. The van der Waals surface area contributed by atoms with Crippen LogP contribution in [0.3, 0.4) is 0 Å². The number of amides is 1. The summed E-state index contributed by atoms with van der Waals surface area (Å²) < 4.78 is 5.18. The van der Waals surface area contributed by atoms with E-state index >= 15 is 0 Å². The number of aromatic nitrogens is 2. The summed E-state index contributed by atoms with van der Waals surface area (Å²) in [5.74, 6) is 0.495. The van der Waals surface area contributed by atoms with Gasteiger partial charge in [0.25, 0.3) is 5.91 Å². The second-order valence-electron chi connectivity index (χ2n) is 7.25. The number of esters is 1. The van der Waals surface area contributed by atoms with Crippen LogP contribution in [-0.4, -0.2) is 47.6 Å². The SMILES string of the molecule is CCOC(=O)c1sc2ncnc(N3CCC(NC(=O)c4ccccc4)CC3)c2c1C. The summed E-state index contributed by atoms with van der Waals surface area (Å²) in [4.78, 5) is 37.2. The fourth-order valence-corrected chi connectivity index (χ4v) is 4.82. The lowest BCUT2D eigenvalue weighted by Crippen LogP contribution is -2.45. The summed E-state index contributed by atoms with van der Waals surface area (Å²) in [5.41, 5.74) is 1.54. The fraction of sp³-hybridized carbons (Fsp3) is 0.364.